The standard InChI is InChI=1S/C25H31NO4/c1-3-15-29-21-14-7-6-11-18(21)23-22(25(28)30-17-9-4-5-10-17)16(2)26-19-12-8-13-20(27)24(19)23/h6-7,11,14,17,23,26H,3-5,8-10,12-13,15H2,1-2H3/t23-/m1/s1. The van der Waals surface area contributed by atoms with E-state index in [0.717, 1.165) is 67.7 Å². The molecule has 30 heavy (non-hydrogen) atoms. The summed E-state index contributed by atoms with van der Waals surface area (Å²) >= 11 is 0. The van der Waals surface area contributed by atoms with E-state index in [1.165, 1.54) is 0 Å². The molecular formula is C25H31NO4. The lowest BCUT2D eigenvalue weighted by molar-refractivity contribution is -0.144. The molecule has 4 rings (SSSR count). The van der Waals surface area contributed by atoms with Crippen LogP contribution in [0.25, 0.3) is 0 Å². The van der Waals surface area contributed by atoms with Crippen LogP contribution in [0.5, 0.6) is 5.75 Å². The third-order valence-electron chi connectivity index (χ3n) is 6.26. The van der Waals surface area contributed by atoms with E-state index in [-0.39, 0.29) is 17.9 Å². The summed E-state index contributed by atoms with van der Waals surface area (Å²) in [5.74, 6) is 0.0799. The molecule has 0 saturated heterocycles. The number of para-hydroxylation sites is 1. The third kappa shape index (κ3) is 4.03. The Balaban J connectivity index is 1.78. The van der Waals surface area contributed by atoms with Crippen LogP contribution in [0.3, 0.4) is 0 Å². The van der Waals surface area contributed by atoms with Crippen LogP contribution < -0.4 is 10.1 Å². The first-order valence-corrected chi connectivity index (χ1v) is 11.3. The van der Waals surface area contributed by atoms with Crippen molar-refractivity contribution in [2.45, 2.75) is 77.2 Å². The highest BCUT2D eigenvalue weighted by Gasteiger charge is 2.41. The van der Waals surface area contributed by atoms with E-state index >= 15 is 0 Å². The minimum atomic E-state index is -0.448. The molecule has 1 saturated carbocycles. The van der Waals surface area contributed by atoms with Crippen LogP contribution in [0.2, 0.25) is 0 Å². The topological polar surface area (TPSA) is 64.6 Å². The van der Waals surface area contributed by atoms with E-state index < -0.39 is 5.92 Å². The number of allylic oxidation sites excluding steroid dienone is 3. The fourth-order valence-electron chi connectivity index (χ4n) is 4.85. The number of benzene rings is 1. The van der Waals surface area contributed by atoms with Gasteiger partial charge in [0.1, 0.15) is 11.9 Å². The van der Waals surface area contributed by atoms with Crippen LogP contribution in [0, 0.1) is 0 Å². The number of carbonyl (C=O) groups excluding carboxylic acids is 2. The zero-order chi connectivity index (χ0) is 21.1. The van der Waals surface area contributed by atoms with Gasteiger partial charge in [-0.2, -0.15) is 0 Å². The maximum Gasteiger partial charge on any atom is 0.337 e. The summed E-state index contributed by atoms with van der Waals surface area (Å²) in [5, 5.41) is 3.36. The number of ketones is 1. The van der Waals surface area contributed by atoms with E-state index in [0.29, 0.717) is 24.2 Å². The van der Waals surface area contributed by atoms with Gasteiger partial charge in [-0.1, -0.05) is 25.1 Å². The zero-order valence-corrected chi connectivity index (χ0v) is 18.0. The Morgan fingerprint density at radius 2 is 1.90 bits per heavy atom. The molecule has 1 atom stereocenters. The average Bonchev–Trinajstić information content (AvgIpc) is 3.24. The highest BCUT2D eigenvalue weighted by molar-refractivity contribution is 6.04. The SMILES string of the molecule is CCCOc1ccccc1[C@@H]1C(C(=O)OC2CCCC2)=C(C)NC2=C1C(=O)CCC2. The molecule has 1 heterocycles. The lowest BCUT2D eigenvalue weighted by atomic mass is 9.75. The summed E-state index contributed by atoms with van der Waals surface area (Å²) in [6.45, 7) is 4.57. The van der Waals surface area contributed by atoms with Crippen LogP contribution in [0.1, 0.15) is 76.7 Å². The largest absolute Gasteiger partial charge is 0.493 e. The number of esters is 1. The lowest BCUT2D eigenvalue weighted by Gasteiger charge is -2.35. The molecule has 1 aromatic rings. The second-order valence-electron chi connectivity index (χ2n) is 8.46. The molecule has 160 valence electrons. The molecule has 2 aliphatic carbocycles. The van der Waals surface area contributed by atoms with Gasteiger partial charge >= 0.3 is 5.97 Å². The molecule has 0 amide bonds. The number of ether oxygens (including phenoxy) is 2. The van der Waals surface area contributed by atoms with Crippen molar-refractivity contribution in [2.75, 3.05) is 6.61 Å². The molecule has 0 unspecified atom stereocenters. The van der Waals surface area contributed by atoms with Gasteiger partial charge in [0, 0.05) is 29.0 Å². The van der Waals surface area contributed by atoms with E-state index in [1.54, 1.807) is 0 Å². The maximum atomic E-state index is 13.4. The van der Waals surface area contributed by atoms with Crippen LogP contribution >= 0.6 is 0 Å². The molecule has 1 N–H and O–H groups in total. The highest BCUT2D eigenvalue weighted by Crippen LogP contribution is 2.45. The minimum Gasteiger partial charge on any atom is -0.493 e. The number of Topliss-reactive ketones (excluding diaryl/α,β-unsaturated/α-hetero) is 1. The van der Waals surface area contributed by atoms with Crippen molar-refractivity contribution >= 4 is 11.8 Å². The fraction of sp³-hybridized carbons (Fsp3) is 0.520. The summed E-state index contributed by atoms with van der Waals surface area (Å²) in [7, 11) is 0. The van der Waals surface area contributed by atoms with Crippen molar-refractivity contribution in [3.05, 3.63) is 52.4 Å². The van der Waals surface area contributed by atoms with Gasteiger partial charge in [-0.15, -0.1) is 0 Å². The Hall–Kier alpha value is -2.56. The Bertz CT molecular complexity index is 892. The zero-order valence-electron chi connectivity index (χ0n) is 18.0. The van der Waals surface area contributed by atoms with Gasteiger partial charge in [-0.05, 0) is 57.9 Å². The minimum absolute atomic E-state index is 0.0255. The normalized spacial score (nSPS) is 22.1. The van der Waals surface area contributed by atoms with Gasteiger partial charge in [0.25, 0.3) is 0 Å². The number of rotatable bonds is 6. The second-order valence-corrected chi connectivity index (χ2v) is 8.46. The summed E-state index contributed by atoms with van der Waals surface area (Å²) in [6.07, 6.45) is 7.05. The first-order valence-electron chi connectivity index (χ1n) is 11.3. The molecule has 3 aliphatic rings. The molecule has 1 aromatic carbocycles. The van der Waals surface area contributed by atoms with Crippen molar-refractivity contribution in [3.8, 4) is 5.75 Å². The van der Waals surface area contributed by atoms with E-state index in [9.17, 15) is 9.59 Å². The molecule has 1 aliphatic heterocycles. The molecule has 0 radical (unpaired) electrons. The molecular weight excluding hydrogens is 378 g/mol. The molecule has 0 bridgehead atoms. The predicted octanol–water partition coefficient (Wildman–Crippen LogP) is 4.93. The number of dihydropyridines is 1. The number of hydrogen-bond donors (Lipinski definition) is 1. The number of hydrogen-bond acceptors (Lipinski definition) is 5. The second kappa shape index (κ2) is 9.07. The van der Waals surface area contributed by atoms with Crippen molar-refractivity contribution in [3.63, 3.8) is 0 Å². The van der Waals surface area contributed by atoms with E-state index in [2.05, 4.69) is 12.2 Å². The van der Waals surface area contributed by atoms with Crippen molar-refractivity contribution in [1.29, 1.82) is 0 Å². The molecule has 1 fully saturated rings. The molecule has 0 spiro atoms. The van der Waals surface area contributed by atoms with Gasteiger partial charge in [0.15, 0.2) is 5.78 Å². The first kappa shape index (κ1) is 20.7. The monoisotopic (exact) mass is 409 g/mol. The molecule has 5 heteroatoms. The number of carbonyl (C=O) groups is 2. The summed E-state index contributed by atoms with van der Waals surface area (Å²) in [4.78, 5) is 26.4. The van der Waals surface area contributed by atoms with E-state index in [4.69, 9.17) is 9.47 Å². The van der Waals surface area contributed by atoms with Gasteiger partial charge in [-0.25, -0.2) is 4.79 Å². The summed E-state index contributed by atoms with van der Waals surface area (Å²) in [6, 6.07) is 7.78. The Kier molecular flexibility index (Phi) is 6.26. The highest BCUT2D eigenvalue weighted by atomic mass is 16.5. The average molecular weight is 410 g/mol. The smallest absolute Gasteiger partial charge is 0.337 e. The van der Waals surface area contributed by atoms with Crippen LogP contribution in [0.4, 0.5) is 0 Å². The predicted molar refractivity (Wildman–Crippen MR) is 115 cm³/mol. The first-order chi connectivity index (χ1) is 14.6. The fourth-order valence-corrected chi connectivity index (χ4v) is 4.85. The Morgan fingerprint density at radius 1 is 1.13 bits per heavy atom. The van der Waals surface area contributed by atoms with Crippen LogP contribution in [-0.4, -0.2) is 24.5 Å². The maximum absolute atomic E-state index is 13.4. The van der Waals surface area contributed by atoms with Crippen molar-refractivity contribution in [2.24, 2.45) is 0 Å². The number of nitrogens with one attached hydrogen (secondary N) is 1. The Morgan fingerprint density at radius 3 is 2.67 bits per heavy atom. The van der Waals surface area contributed by atoms with Gasteiger partial charge in [0.05, 0.1) is 18.1 Å². The molecule has 0 aromatic heterocycles. The summed E-state index contributed by atoms with van der Waals surface area (Å²) < 4.78 is 11.9. The van der Waals surface area contributed by atoms with Crippen molar-refractivity contribution in [1.82, 2.24) is 5.32 Å². The molecule has 5 nitrogen and oxygen atoms in total. The van der Waals surface area contributed by atoms with Gasteiger partial charge < -0.3 is 14.8 Å². The van der Waals surface area contributed by atoms with E-state index in [1.807, 2.05) is 31.2 Å². The summed E-state index contributed by atoms with van der Waals surface area (Å²) in [5.41, 5.74) is 3.84. The van der Waals surface area contributed by atoms with Gasteiger partial charge in [-0.3, -0.25) is 4.79 Å². The Labute approximate surface area is 178 Å². The van der Waals surface area contributed by atoms with Crippen LogP contribution in [0.15, 0.2) is 46.8 Å². The van der Waals surface area contributed by atoms with Gasteiger partial charge in [0.2, 0.25) is 0 Å². The lowest BCUT2D eigenvalue weighted by Crippen LogP contribution is -2.35. The van der Waals surface area contributed by atoms with Crippen molar-refractivity contribution < 1.29 is 19.1 Å². The third-order valence-corrected chi connectivity index (χ3v) is 6.26. The van der Waals surface area contributed by atoms with Crippen LogP contribution in [-0.2, 0) is 14.3 Å². The quantitative estimate of drug-likeness (QED) is 0.675.